The lowest BCUT2D eigenvalue weighted by Gasteiger charge is -2.34. The molecule has 1 heterocycles. The minimum Gasteiger partial charge on any atom is -0.303 e. The second-order valence-electron chi connectivity index (χ2n) is 6.13. The molecule has 1 rings (SSSR count). The van der Waals surface area contributed by atoms with E-state index in [0.717, 1.165) is 17.8 Å². The summed E-state index contributed by atoms with van der Waals surface area (Å²) in [5.41, 5.74) is 0. The fourth-order valence-corrected chi connectivity index (χ4v) is 2.64. The van der Waals surface area contributed by atoms with Crippen LogP contribution in [0.2, 0.25) is 0 Å². The van der Waals surface area contributed by atoms with Gasteiger partial charge in [-0.25, -0.2) is 0 Å². The van der Waals surface area contributed by atoms with Crippen LogP contribution in [0.4, 0.5) is 0 Å². The highest BCUT2D eigenvalue weighted by Gasteiger charge is 2.20. The minimum absolute atomic E-state index is 0.828. The largest absolute Gasteiger partial charge is 0.303 e. The molecule has 90 valence electrons. The van der Waals surface area contributed by atoms with Crippen molar-refractivity contribution in [3.8, 4) is 0 Å². The van der Waals surface area contributed by atoms with Crippen LogP contribution < -0.4 is 0 Å². The zero-order valence-corrected chi connectivity index (χ0v) is 11.1. The highest BCUT2D eigenvalue weighted by atomic mass is 15.1. The molecule has 0 N–H and O–H groups in total. The Kier molecular flexibility index (Phi) is 5.66. The van der Waals surface area contributed by atoms with E-state index in [1.54, 1.807) is 0 Å². The van der Waals surface area contributed by atoms with Gasteiger partial charge < -0.3 is 4.90 Å². The van der Waals surface area contributed by atoms with Gasteiger partial charge in [-0.2, -0.15) is 0 Å². The van der Waals surface area contributed by atoms with Crippen molar-refractivity contribution >= 4 is 0 Å². The highest BCUT2D eigenvalue weighted by molar-refractivity contribution is 4.74. The molecule has 0 bridgehead atoms. The molecule has 15 heavy (non-hydrogen) atoms. The standard InChI is InChI=1S/C14H29N/c1-12(2)7-8-14-6-5-9-15(11-14)10-13(3)4/h12-14H,5-11H2,1-4H3. The van der Waals surface area contributed by atoms with Crippen LogP contribution in [0.15, 0.2) is 0 Å². The van der Waals surface area contributed by atoms with Crippen LogP contribution in [0.1, 0.15) is 53.4 Å². The Morgan fingerprint density at radius 2 is 1.87 bits per heavy atom. The van der Waals surface area contributed by atoms with E-state index in [2.05, 4.69) is 32.6 Å². The maximum Gasteiger partial charge on any atom is 0.000978 e. The molecule has 0 aliphatic carbocycles. The van der Waals surface area contributed by atoms with Crippen LogP contribution in [0.5, 0.6) is 0 Å². The monoisotopic (exact) mass is 211 g/mol. The minimum atomic E-state index is 0.828. The Bertz CT molecular complexity index is 163. The molecule has 1 unspecified atom stereocenters. The molecule has 0 aromatic heterocycles. The van der Waals surface area contributed by atoms with Gasteiger partial charge in [-0.15, -0.1) is 0 Å². The van der Waals surface area contributed by atoms with Gasteiger partial charge in [0.15, 0.2) is 0 Å². The van der Waals surface area contributed by atoms with E-state index in [0.29, 0.717) is 0 Å². The summed E-state index contributed by atoms with van der Waals surface area (Å²) < 4.78 is 0. The van der Waals surface area contributed by atoms with E-state index in [1.165, 1.54) is 45.3 Å². The lowest BCUT2D eigenvalue weighted by atomic mass is 9.90. The van der Waals surface area contributed by atoms with Crippen LogP contribution in [0.3, 0.4) is 0 Å². The van der Waals surface area contributed by atoms with Crippen molar-refractivity contribution in [2.45, 2.75) is 53.4 Å². The topological polar surface area (TPSA) is 3.24 Å². The molecule has 1 aliphatic heterocycles. The molecule has 0 aromatic carbocycles. The van der Waals surface area contributed by atoms with Gasteiger partial charge in [-0.1, -0.05) is 34.1 Å². The summed E-state index contributed by atoms with van der Waals surface area (Å²) in [5, 5.41) is 0. The molecule has 0 saturated carbocycles. The summed E-state index contributed by atoms with van der Waals surface area (Å²) >= 11 is 0. The Labute approximate surface area is 96.2 Å². The average Bonchev–Trinajstić information content (AvgIpc) is 2.14. The van der Waals surface area contributed by atoms with Gasteiger partial charge in [-0.05, 0) is 43.6 Å². The molecule has 1 aliphatic rings. The van der Waals surface area contributed by atoms with E-state index in [1.807, 2.05) is 0 Å². The predicted octanol–water partition coefficient (Wildman–Crippen LogP) is 3.79. The van der Waals surface area contributed by atoms with Crippen LogP contribution in [0, 0.1) is 17.8 Å². The van der Waals surface area contributed by atoms with Gasteiger partial charge in [-0.3, -0.25) is 0 Å². The molecule has 1 heteroatoms. The Balaban J connectivity index is 2.23. The Morgan fingerprint density at radius 3 is 2.47 bits per heavy atom. The molecule has 0 amide bonds. The first-order valence-electron chi connectivity index (χ1n) is 6.80. The van der Waals surface area contributed by atoms with Gasteiger partial charge >= 0.3 is 0 Å². The predicted molar refractivity (Wildman–Crippen MR) is 68.1 cm³/mol. The molecule has 1 atom stereocenters. The summed E-state index contributed by atoms with van der Waals surface area (Å²) in [4.78, 5) is 2.68. The lowest BCUT2D eigenvalue weighted by Crippen LogP contribution is -2.37. The van der Waals surface area contributed by atoms with Crippen LogP contribution in [0.25, 0.3) is 0 Å². The Hall–Kier alpha value is -0.0400. The first-order chi connectivity index (χ1) is 7.08. The molecule has 0 radical (unpaired) electrons. The number of rotatable bonds is 5. The van der Waals surface area contributed by atoms with Gasteiger partial charge in [0, 0.05) is 13.1 Å². The summed E-state index contributed by atoms with van der Waals surface area (Å²) in [6.07, 6.45) is 5.77. The van der Waals surface area contributed by atoms with Gasteiger partial charge in [0.25, 0.3) is 0 Å². The van der Waals surface area contributed by atoms with E-state index in [4.69, 9.17) is 0 Å². The summed E-state index contributed by atoms with van der Waals surface area (Å²) in [7, 11) is 0. The third-order valence-corrected chi connectivity index (χ3v) is 3.38. The average molecular weight is 211 g/mol. The molecular weight excluding hydrogens is 182 g/mol. The highest BCUT2D eigenvalue weighted by Crippen LogP contribution is 2.23. The van der Waals surface area contributed by atoms with Crippen LogP contribution in [-0.4, -0.2) is 24.5 Å². The Morgan fingerprint density at radius 1 is 1.13 bits per heavy atom. The smallest absolute Gasteiger partial charge is 0.000978 e. The first kappa shape index (κ1) is 13.0. The zero-order chi connectivity index (χ0) is 11.3. The van der Waals surface area contributed by atoms with E-state index >= 15 is 0 Å². The summed E-state index contributed by atoms with van der Waals surface area (Å²) in [5.74, 6) is 2.69. The van der Waals surface area contributed by atoms with Crippen molar-refractivity contribution < 1.29 is 0 Å². The zero-order valence-electron chi connectivity index (χ0n) is 11.1. The SMILES string of the molecule is CC(C)CCC1CCCN(CC(C)C)C1. The van der Waals surface area contributed by atoms with Gasteiger partial charge in [0.2, 0.25) is 0 Å². The maximum atomic E-state index is 2.68. The van der Waals surface area contributed by atoms with E-state index < -0.39 is 0 Å². The van der Waals surface area contributed by atoms with Crippen molar-refractivity contribution in [1.82, 2.24) is 4.90 Å². The summed E-state index contributed by atoms with van der Waals surface area (Å²) in [6, 6.07) is 0. The van der Waals surface area contributed by atoms with E-state index in [9.17, 15) is 0 Å². The summed E-state index contributed by atoms with van der Waals surface area (Å²) in [6.45, 7) is 13.4. The van der Waals surface area contributed by atoms with Crippen molar-refractivity contribution in [1.29, 1.82) is 0 Å². The molecule has 1 nitrogen and oxygen atoms in total. The molecule has 1 fully saturated rings. The number of piperidine rings is 1. The van der Waals surface area contributed by atoms with Gasteiger partial charge in [0.05, 0.1) is 0 Å². The number of nitrogens with zero attached hydrogens (tertiary/aromatic N) is 1. The number of hydrogen-bond acceptors (Lipinski definition) is 1. The van der Waals surface area contributed by atoms with Gasteiger partial charge in [0.1, 0.15) is 0 Å². The second-order valence-corrected chi connectivity index (χ2v) is 6.13. The van der Waals surface area contributed by atoms with Crippen molar-refractivity contribution in [3.63, 3.8) is 0 Å². The fraction of sp³-hybridized carbons (Fsp3) is 1.00. The number of hydrogen-bond donors (Lipinski definition) is 0. The molecule has 0 spiro atoms. The molecule has 0 aromatic rings. The second kappa shape index (κ2) is 6.52. The van der Waals surface area contributed by atoms with Crippen molar-refractivity contribution in [3.05, 3.63) is 0 Å². The van der Waals surface area contributed by atoms with Crippen molar-refractivity contribution in [2.75, 3.05) is 19.6 Å². The normalized spacial score (nSPS) is 24.0. The van der Waals surface area contributed by atoms with E-state index in [-0.39, 0.29) is 0 Å². The first-order valence-corrected chi connectivity index (χ1v) is 6.80. The van der Waals surface area contributed by atoms with Crippen LogP contribution in [-0.2, 0) is 0 Å². The molecule has 1 saturated heterocycles. The number of likely N-dealkylation sites (tertiary alicyclic amines) is 1. The lowest BCUT2D eigenvalue weighted by molar-refractivity contribution is 0.149. The maximum absolute atomic E-state index is 2.68. The molecular formula is C14H29N. The fourth-order valence-electron chi connectivity index (χ4n) is 2.64. The third kappa shape index (κ3) is 5.55. The van der Waals surface area contributed by atoms with Crippen molar-refractivity contribution in [2.24, 2.45) is 17.8 Å². The quantitative estimate of drug-likeness (QED) is 0.669. The van der Waals surface area contributed by atoms with Crippen LogP contribution >= 0.6 is 0 Å². The third-order valence-electron chi connectivity index (χ3n) is 3.38.